The van der Waals surface area contributed by atoms with Crippen molar-refractivity contribution in [1.82, 2.24) is 19.9 Å². The molecule has 20 heteroatoms. The first-order valence-electron chi connectivity index (χ1n) is 19.8. The van der Waals surface area contributed by atoms with Crippen molar-refractivity contribution >= 4 is 30.8 Å². The standard InChI is InChI=1S/C29H25F6NO2S.C18H11N3O6.Ru/c1-2-3-4-5-6-20-9-12-27(39-20)17-13-23(21-15-18(28(30,31)32)7-10-25(21)37)36-24(14-17)22-16-19(29(33,34)35)8-11-26(22)38;22-9-25-12-1-3-19-15(5-12)17-7-14(27-11-24)8-18(21-17)16-6-13(26-10-23)2-4-20-16;/h7-16,37-38H,2-6H2,1H3;1-11H;. The van der Waals surface area contributed by atoms with Crippen LogP contribution in [0.2, 0.25) is 0 Å². The molecule has 12 nitrogen and oxygen atoms in total. The molecule has 0 unspecified atom stereocenters. The molecule has 0 radical (unpaired) electrons. The Morgan fingerprint density at radius 3 is 1.48 bits per heavy atom. The number of ether oxygens (including phenoxy) is 3. The van der Waals surface area contributed by atoms with Gasteiger partial charge in [0.2, 0.25) is 0 Å². The quantitative estimate of drug-likeness (QED) is 0.0407. The minimum atomic E-state index is -4.69. The third kappa shape index (κ3) is 13.5. The molecule has 0 saturated heterocycles. The van der Waals surface area contributed by atoms with Crippen LogP contribution in [0.5, 0.6) is 28.7 Å². The van der Waals surface area contributed by atoms with E-state index in [2.05, 4.69) is 26.9 Å². The average molecular weight is 1030 g/mol. The average Bonchev–Trinajstić information content (AvgIpc) is 3.77. The van der Waals surface area contributed by atoms with Crippen LogP contribution in [0.25, 0.3) is 55.7 Å². The number of carbonyl (C=O) groups excluding carboxylic acids is 3. The van der Waals surface area contributed by atoms with Gasteiger partial charge in [-0.1, -0.05) is 26.2 Å². The zero-order chi connectivity index (χ0) is 47.4. The van der Waals surface area contributed by atoms with Crippen LogP contribution in [0.1, 0.15) is 48.6 Å². The van der Waals surface area contributed by atoms with Crippen molar-refractivity contribution in [3.05, 3.63) is 125 Å². The maximum Gasteiger partial charge on any atom is 0.416 e. The van der Waals surface area contributed by atoms with Gasteiger partial charge in [0.1, 0.15) is 28.7 Å². The SMILES string of the molecule is CCCCCCc1ccc(-c2cc(-c3cc(C(F)(F)F)ccc3O)nc(-c3cc(C(F)(F)F)ccc3O)c2)s1.O=COc1ccnc(-c2cc(OC=O)cc(-c3cc(OC=O)ccn3)n2)c1.[Ru]. The van der Waals surface area contributed by atoms with Crippen molar-refractivity contribution in [3.63, 3.8) is 0 Å². The van der Waals surface area contributed by atoms with Crippen LogP contribution >= 0.6 is 11.3 Å². The van der Waals surface area contributed by atoms with E-state index in [1.165, 1.54) is 72.3 Å². The zero-order valence-electron chi connectivity index (χ0n) is 34.8. The largest absolute Gasteiger partial charge is 0.507 e. The Bertz CT molecular complexity index is 2690. The Labute approximate surface area is 395 Å². The van der Waals surface area contributed by atoms with E-state index < -0.39 is 35.0 Å². The number of aromatic nitrogens is 4. The summed E-state index contributed by atoms with van der Waals surface area (Å²) < 4.78 is 95.1. The Morgan fingerprint density at radius 1 is 0.552 bits per heavy atom. The molecule has 7 rings (SSSR count). The molecule has 5 heterocycles. The van der Waals surface area contributed by atoms with Crippen LogP contribution in [-0.4, -0.2) is 49.6 Å². The first-order valence-corrected chi connectivity index (χ1v) is 20.6. The molecule has 0 aliphatic rings. The Hall–Kier alpha value is -7.05. The minimum absolute atomic E-state index is 0. The number of alkyl halides is 6. The summed E-state index contributed by atoms with van der Waals surface area (Å²) in [6, 6.07) is 20.5. The van der Waals surface area contributed by atoms with E-state index in [1.807, 2.05) is 12.1 Å². The van der Waals surface area contributed by atoms with E-state index in [4.69, 9.17) is 14.2 Å². The minimum Gasteiger partial charge on any atom is -0.507 e. The van der Waals surface area contributed by atoms with Crippen molar-refractivity contribution in [3.8, 4) is 84.5 Å². The molecule has 0 amide bonds. The number of aromatic hydroxyl groups is 2. The number of aryl methyl sites for hydroxylation is 1. The third-order valence-electron chi connectivity index (χ3n) is 9.59. The van der Waals surface area contributed by atoms with Crippen LogP contribution in [-0.2, 0) is 52.6 Å². The van der Waals surface area contributed by atoms with Gasteiger partial charge in [-0.2, -0.15) is 26.3 Å². The number of rotatable bonds is 16. The molecule has 67 heavy (non-hydrogen) atoms. The van der Waals surface area contributed by atoms with Gasteiger partial charge in [0, 0.05) is 77.0 Å². The summed E-state index contributed by atoms with van der Waals surface area (Å²) in [5.74, 6) is -0.194. The zero-order valence-corrected chi connectivity index (χ0v) is 37.4. The third-order valence-corrected chi connectivity index (χ3v) is 10.8. The number of halogens is 6. The first-order chi connectivity index (χ1) is 31.6. The number of carbonyl (C=O) groups is 3. The fourth-order valence-corrected chi connectivity index (χ4v) is 7.47. The summed E-state index contributed by atoms with van der Waals surface area (Å²) >= 11 is 1.46. The van der Waals surface area contributed by atoms with E-state index >= 15 is 0 Å². The molecular weight excluding hydrogens is 996 g/mol. The van der Waals surface area contributed by atoms with Gasteiger partial charge in [0.15, 0.2) is 0 Å². The normalized spacial score (nSPS) is 11.1. The molecule has 5 aromatic heterocycles. The second-order valence-corrected chi connectivity index (χ2v) is 15.3. The van der Waals surface area contributed by atoms with Crippen LogP contribution in [0, 0.1) is 0 Å². The number of nitrogens with zero attached hydrogens (tertiary/aromatic N) is 4. The first kappa shape index (κ1) is 50.9. The second-order valence-electron chi connectivity index (χ2n) is 14.1. The molecule has 348 valence electrons. The predicted octanol–water partition coefficient (Wildman–Crippen LogP) is 11.5. The predicted molar refractivity (Wildman–Crippen MR) is 230 cm³/mol. The van der Waals surface area contributed by atoms with E-state index in [0.717, 1.165) is 78.3 Å². The van der Waals surface area contributed by atoms with Gasteiger partial charge in [0.25, 0.3) is 19.4 Å². The molecular formula is C47H36F6N4O8RuS. The number of phenolic OH excluding ortho intramolecular Hbond substituents is 2. The Morgan fingerprint density at radius 2 is 1.01 bits per heavy atom. The van der Waals surface area contributed by atoms with Crippen molar-refractivity contribution in [2.45, 2.75) is 51.4 Å². The number of hydrogen-bond donors (Lipinski definition) is 2. The fraction of sp³-hybridized carbons (Fsp3) is 0.170. The smallest absolute Gasteiger partial charge is 0.416 e. The number of phenols is 2. The van der Waals surface area contributed by atoms with Gasteiger partial charge < -0.3 is 24.4 Å². The monoisotopic (exact) mass is 1030 g/mol. The van der Waals surface area contributed by atoms with Crippen molar-refractivity contribution in [2.75, 3.05) is 0 Å². The van der Waals surface area contributed by atoms with Crippen molar-refractivity contribution in [1.29, 1.82) is 0 Å². The van der Waals surface area contributed by atoms with Crippen LogP contribution < -0.4 is 14.2 Å². The summed E-state index contributed by atoms with van der Waals surface area (Å²) in [5, 5.41) is 20.8. The Kier molecular flexibility index (Phi) is 17.4. The van der Waals surface area contributed by atoms with Crippen molar-refractivity contribution in [2.24, 2.45) is 0 Å². The van der Waals surface area contributed by atoms with E-state index in [1.54, 1.807) is 0 Å². The van der Waals surface area contributed by atoms with Gasteiger partial charge in [-0.05, 0) is 91.2 Å². The van der Waals surface area contributed by atoms with Crippen LogP contribution in [0.15, 0.2) is 109 Å². The molecule has 7 aromatic rings. The van der Waals surface area contributed by atoms with Crippen molar-refractivity contribution < 1.29 is 84.6 Å². The van der Waals surface area contributed by atoms with Gasteiger partial charge >= 0.3 is 12.4 Å². The van der Waals surface area contributed by atoms with E-state index in [0.29, 0.717) is 41.3 Å². The number of benzene rings is 2. The van der Waals surface area contributed by atoms with Gasteiger partial charge in [-0.3, -0.25) is 24.4 Å². The van der Waals surface area contributed by atoms with Gasteiger partial charge in [0.05, 0.1) is 45.3 Å². The molecule has 0 bridgehead atoms. The summed E-state index contributed by atoms with van der Waals surface area (Å²) in [6.07, 6.45) is -1.35. The molecule has 2 N–H and O–H groups in total. The van der Waals surface area contributed by atoms with Crippen LogP contribution in [0.3, 0.4) is 0 Å². The van der Waals surface area contributed by atoms with E-state index in [-0.39, 0.29) is 65.7 Å². The van der Waals surface area contributed by atoms with Gasteiger partial charge in [-0.25, -0.2) is 9.97 Å². The molecule has 0 aliphatic carbocycles. The Balaban J connectivity index is 0.000000263. The number of thiophene rings is 1. The maximum atomic E-state index is 13.4. The molecule has 0 spiro atoms. The summed E-state index contributed by atoms with van der Waals surface area (Å²) in [5.41, 5.74) is -0.734. The fourth-order valence-electron chi connectivity index (χ4n) is 6.43. The molecule has 2 aromatic carbocycles. The topological polar surface area (TPSA) is 171 Å². The second kappa shape index (κ2) is 22.9. The molecule has 0 fully saturated rings. The summed E-state index contributed by atoms with van der Waals surface area (Å²) in [6.45, 7) is 2.99. The molecule has 0 atom stereocenters. The van der Waals surface area contributed by atoms with E-state index in [9.17, 15) is 50.9 Å². The van der Waals surface area contributed by atoms with Crippen LogP contribution in [0.4, 0.5) is 26.3 Å². The van der Waals surface area contributed by atoms with Gasteiger partial charge in [-0.15, -0.1) is 11.3 Å². The number of hydrogen-bond acceptors (Lipinski definition) is 13. The maximum absolute atomic E-state index is 13.4. The number of unbranched alkanes of at least 4 members (excludes halogenated alkanes) is 3. The molecule has 0 aliphatic heterocycles. The summed E-state index contributed by atoms with van der Waals surface area (Å²) in [7, 11) is 0. The summed E-state index contributed by atoms with van der Waals surface area (Å²) in [4.78, 5) is 50.7. The number of pyridine rings is 4. The molecule has 0 saturated carbocycles.